The molecule has 0 unspecified atom stereocenters. The molecule has 2 aliphatic rings. The zero-order valence-electron chi connectivity index (χ0n) is 28.9. The van der Waals surface area contributed by atoms with E-state index in [0.29, 0.717) is 48.6 Å². The first-order chi connectivity index (χ1) is 25.0. The quantitative estimate of drug-likeness (QED) is 0.0719. The summed E-state index contributed by atoms with van der Waals surface area (Å²) in [6, 6.07) is 12.8. The molecule has 276 valence electrons. The van der Waals surface area contributed by atoms with E-state index in [0.717, 1.165) is 49.2 Å². The van der Waals surface area contributed by atoms with Crippen LogP contribution < -0.4 is 10.6 Å². The van der Waals surface area contributed by atoms with Gasteiger partial charge < -0.3 is 20.1 Å². The Morgan fingerprint density at radius 2 is 0.981 bits per heavy atom. The van der Waals surface area contributed by atoms with Gasteiger partial charge in [-0.25, -0.2) is 9.59 Å². The Hall–Kier alpha value is -4.12. The fourth-order valence-corrected chi connectivity index (χ4v) is 7.63. The number of nitrogens with zero attached hydrogens (tertiary/aromatic N) is 2. The fraction of sp³-hybridized carbons (Fsp3) is 0.389. The molecule has 0 saturated carbocycles. The molecular formula is C36H40N4O8S4. The minimum Gasteiger partial charge on any atom is -0.462 e. The molecule has 52 heavy (non-hydrogen) atoms. The molecule has 2 fully saturated rings. The second-order valence-corrected chi connectivity index (χ2v) is 15.0. The highest BCUT2D eigenvalue weighted by Crippen LogP contribution is 2.42. The van der Waals surface area contributed by atoms with Gasteiger partial charge in [0.25, 0.3) is 11.8 Å². The second kappa shape index (κ2) is 20.2. The van der Waals surface area contributed by atoms with Gasteiger partial charge in [0.2, 0.25) is 11.8 Å². The van der Waals surface area contributed by atoms with Crippen LogP contribution in [0.5, 0.6) is 0 Å². The molecule has 2 N–H and O–H groups in total. The topological polar surface area (TPSA) is 151 Å². The number of carbonyl (C=O) groups excluding carboxylic acids is 6. The van der Waals surface area contributed by atoms with Crippen LogP contribution in [-0.2, 0) is 28.7 Å². The highest BCUT2D eigenvalue weighted by Gasteiger charge is 2.41. The molecule has 2 aromatic rings. The molecule has 16 heteroatoms. The lowest BCUT2D eigenvalue weighted by molar-refractivity contribution is -0.124. The van der Waals surface area contributed by atoms with Gasteiger partial charge in [-0.3, -0.25) is 29.0 Å². The first kappa shape index (κ1) is 40.6. The number of amides is 4. The zero-order valence-corrected chi connectivity index (χ0v) is 32.2. The number of nitrogens with one attached hydrogen (secondary N) is 2. The Morgan fingerprint density at radius 3 is 1.33 bits per heavy atom. The van der Waals surface area contributed by atoms with Gasteiger partial charge in [0.1, 0.15) is 8.64 Å². The van der Waals surface area contributed by atoms with Crippen LogP contribution in [0.1, 0.15) is 85.9 Å². The first-order valence-electron chi connectivity index (χ1n) is 17.0. The number of ether oxygens (including phenoxy) is 2. The summed E-state index contributed by atoms with van der Waals surface area (Å²) in [4.78, 5) is 79.0. The molecule has 2 aromatic carbocycles. The van der Waals surface area contributed by atoms with Gasteiger partial charge in [0, 0.05) is 37.3 Å². The van der Waals surface area contributed by atoms with Crippen molar-refractivity contribution in [3.05, 3.63) is 69.5 Å². The van der Waals surface area contributed by atoms with Crippen molar-refractivity contribution < 1.29 is 38.2 Å². The van der Waals surface area contributed by atoms with Crippen LogP contribution in [-0.4, -0.2) is 80.3 Å². The number of esters is 2. The van der Waals surface area contributed by atoms with Gasteiger partial charge in [-0.05, 0) is 74.2 Å². The van der Waals surface area contributed by atoms with Crippen molar-refractivity contribution in [2.24, 2.45) is 0 Å². The summed E-state index contributed by atoms with van der Waals surface area (Å²) in [7, 11) is 0. The smallest absolute Gasteiger partial charge is 0.338 e. The summed E-state index contributed by atoms with van der Waals surface area (Å²) in [5.41, 5.74) is 1.84. The van der Waals surface area contributed by atoms with Crippen molar-refractivity contribution in [3.8, 4) is 0 Å². The summed E-state index contributed by atoms with van der Waals surface area (Å²) in [6.07, 6.45) is 4.30. The number of anilines is 2. The van der Waals surface area contributed by atoms with E-state index < -0.39 is 23.8 Å². The Bertz CT molecular complexity index is 1600. The predicted molar refractivity (Wildman–Crippen MR) is 210 cm³/mol. The van der Waals surface area contributed by atoms with E-state index in [4.69, 9.17) is 33.9 Å². The number of thiocarbonyl (C=S) groups is 2. The van der Waals surface area contributed by atoms with Crippen molar-refractivity contribution in [2.75, 3.05) is 36.9 Å². The summed E-state index contributed by atoms with van der Waals surface area (Å²) in [6.45, 7) is 5.10. The third-order valence-electron chi connectivity index (χ3n) is 7.75. The molecule has 0 spiro atoms. The van der Waals surface area contributed by atoms with Crippen LogP contribution in [0.4, 0.5) is 11.4 Å². The van der Waals surface area contributed by atoms with Crippen molar-refractivity contribution >= 4 is 104 Å². The molecule has 2 saturated heterocycles. The van der Waals surface area contributed by atoms with Crippen molar-refractivity contribution in [1.29, 1.82) is 0 Å². The molecule has 0 atom stereocenters. The summed E-state index contributed by atoms with van der Waals surface area (Å²) in [5, 5.41) is 5.55. The largest absolute Gasteiger partial charge is 0.462 e. The number of benzene rings is 2. The summed E-state index contributed by atoms with van der Waals surface area (Å²) >= 11 is 12.9. The molecule has 2 heterocycles. The molecular weight excluding hydrogens is 745 g/mol. The Morgan fingerprint density at radius 1 is 0.615 bits per heavy atom. The van der Waals surface area contributed by atoms with E-state index in [1.165, 1.54) is 9.80 Å². The van der Waals surface area contributed by atoms with Crippen molar-refractivity contribution in [1.82, 2.24) is 9.80 Å². The molecule has 4 rings (SSSR count). The number of hydrogen-bond acceptors (Lipinski definition) is 12. The molecule has 0 aliphatic carbocycles. The van der Waals surface area contributed by atoms with Crippen LogP contribution in [0.15, 0.2) is 58.3 Å². The molecule has 12 nitrogen and oxygen atoms in total. The first-order valence-corrected chi connectivity index (χ1v) is 19.4. The minimum atomic E-state index is -0.420. The lowest BCUT2D eigenvalue weighted by Gasteiger charge is -2.15. The SMILES string of the molecule is CCCCOC(=O)c1ccc(NC(=O)CCCN2C(=O)/C(=C3\SC(=S)N(CCCC(=O)Nc4ccc(C(=O)OCCCC)cc4)C3=O)SC2=S)cc1. The molecule has 0 radical (unpaired) electrons. The lowest BCUT2D eigenvalue weighted by Crippen LogP contribution is -2.31. The van der Waals surface area contributed by atoms with Crippen LogP contribution >= 0.6 is 48.0 Å². The lowest BCUT2D eigenvalue weighted by atomic mass is 10.2. The monoisotopic (exact) mass is 784 g/mol. The number of carbonyl (C=O) groups is 6. The summed E-state index contributed by atoms with van der Waals surface area (Å²) in [5.74, 6) is -2.21. The highest BCUT2D eigenvalue weighted by molar-refractivity contribution is 8.29. The van der Waals surface area contributed by atoms with Gasteiger partial charge in [-0.1, -0.05) is 74.6 Å². The Kier molecular flexibility index (Phi) is 15.8. The maximum atomic E-state index is 13.3. The minimum absolute atomic E-state index is 0.113. The van der Waals surface area contributed by atoms with Crippen LogP contribution in [0, 0.1) is 0 Å². The third kappa shape index (κ3) is 11.4. The van der Waals surface area contributed by atoms with E-state index in [-0.39, 0.29) is 56.2 Å². The van der Waals surface area contributed by atoms with Crippen LogP contribution in [0.2, 0.25) is 0 Å². The Labute approximate surface area is 321 Å². The number of hydrogen-bond donors (Lipinski definition) is 2. The van der Waals surface area contributed by atoms with Crippen molar-refractivity contribution in [2.45, 2.75) is 65.2 Å². The standard InChI is InChI=1S/C36H40N4O8S4/c1-3-5-21-47-33(45)23-11-15-25(16-12-23)37-27(41)9-7-19-39-31(43)29(51-35(39)49)30-32(44)40(36(50)52-30)20-8-10-28(42)38-26-17-13-24(14-18-26)34(46)48-22-6-4-2/h11-18H,3-10,19-22H2,1-2H3,(H,37,41)(H,38,42)/b30-29+. The van der Waals surface area contributed by atoms with Gasteiger partial charge in [-0.2, -0.15) is 0 Å². The van der Waals surface area contributed by atoms with Gasteiger partial charge in [-0.15, -0.1) is 0 Å². The number of unbranched alkanes of at least 4 members (excludes halogenated alkanes) is 2. The van der Waals surface area contributed by atoms with Gasteiger partial charge in [0.15, 0.2) is 0 Å². The predicted octanol–water partition coefficient (Wildman–Crippen LogP) is 6.67. The fourth-order valence-electron chi connectivity index (χ4n) is 4.86. The number of thioether (sulfide) groups is 2. The second-order valence-electron chi connectivity index (χ2n) is 11.7. The average molecular weight is 785 g/mol. The molecule has 2 aliphatic heterocycles. The highest BCUT2D eigenvalue weighted by atomic mass is 32.2. The van der Waals surface area contributed by atoms with Crippen LogP contribution in [0.25, 0.3) is 0 Å². The van der Waals surface area contributed by atoms with E-state index in [1.54, 1.807) is 48.5 Å². The Balaban J connectivity index is 1.21. The maximum absolute atomic E-state index is 13.3. The molecule has 0 bridgehead atoms. The normalized spacial score (nSPS) is 15.7. The average Bonchev–Trinajstić information content (AvgIpc) is 3.57. The van der Waals surface area contributed by atoms with E-state index in [2.05, 4.69) is 10.6 Å². The number of rotatable bonds is 18. The van der Waals surface area contributed by atoms with Gasteiger partial charge in [0.05, 0.1) is 34.2 Å². The third-order valence-corrected chi connectivity index (χ3v) is 10.8. The van der Waals surface area contributed by atoms with E-state index in [1.807, 2.05) is 13.8 Å². The zero-order chi connectivity index (χ0) is 37.6. The van der Waals surface area contributed by atoms with Crippen LogP contribution in [0.3, 0.4) is 0 Å². The van der Waals surface area contributed by atoms with E-state index in [9.17, 15) is 28.8 Å². The molecule has 4 amide bonds. The maximum Gasteiger partial charge on any atom is 0.338 e. The summed E-state index contributed by atoms with van der Waals surface area (Å²) < 4.78 is 11.0. The molecule has 0 aromatic heterocycles. The van der Waals surface area contributed by atoms with Crippen molar-refractivity contribution in [3.63, 3.8) is 0 Å². The van der Waals surface area contributed by atoms with E-state index >= 15 is 0 Å². The van der Waals surface area contributed by atoms with Gasteiger partial charge >= 0.3 is 11.9 Å².